The van der Waals surface area contributed by atoms with Gasteiger partial charge in [0.2, 0.25) is 0 Å². The summed E-state index contributed by atoms with van der Waals surface area (Å²) in [5, 5.41) is 0. The lowest BCUT2D eigenvalue weighted by Gasteiger charge is -2.20. The molecule has 3 rings (SSSR count). The number of hydrogen-bond acceptors (Lipinski definition) is 4. The number of nitrogens with zero attached hydrogens (tertiary/aromatic N) is 1. The molecule has 1 aromatic heterocycles. The third-order valence-electron chi connectivity index (χ3n) is 4.14. The fourth-order valence-electron chi connectivity index (χ4n) is 2.79. The number of halogens is 4. The Morgan fingerprint density at radius 2 is 1.93 bits per heavy atom. The van der Waals surface area contributed by atoms with Crippen molar-refractivity contribution in [3.05, 3.63) is 47.4 Å². The van der Waals surface area contributed by atoms with Gasteiger partial charge in [0.1, 0.15) is 29.5 Å². The second kappa shape index (κ2) is 8.47. The van der Waals surface area contributed by atoms with Crippen LogP contribution in [-0.4, -0.2) is 30.6 Å². The van der Waals surface area contributed by atoms with Crippen LogP contribution in [0, 0.1) is 5.82 Å². The standard InChI is InChI=1S/C17H16F4N2O.C2H4O/c1-9-8-24-16-12(9)6-14(13(7-22)17(19,20)21)23-15(16)10-2-4-11(18)5-3-10;1-2-3/h2-6,9,13H,7-8,22H2,1H3;2H,1H3. The van der Waals surface area contributed by atoms with Gasteiger partial charge in [0.25, 0.3) is 0 Å². The number of aldehydes is 1. The monoisotopic (exact) mass is 384 g/mol. The van der Waals surface area contributed by atoms with E-state index in [2.05, 4.69) is 4.98 Å². The molecule has 1 aromatic carbocycles. The maximum absolute atomic E-state index is 13.2. The van der Waals surface area contributed by atoms with Gasteiger partial charge in [-0.3, -0.25) is 0 Å². The fourth-order valence-corrected chi connectivity index (χ4v) is 2.79. The van der Waals surface area contributed by atoms with E-state index in [9.17, 15) is 17.6 Å². The summed E-state index contributed by atoms with van der Waals surface area (Å²) in [5.41, 5.74) is 6.66. The van der Waals surface area contributed by atoms with Gasteiger partial charge in [-0.05, 0) is 37.3 Å². The molecule has 1 aliphatic heterocycles. The zero-order valence-corrected chi connectivity index (χ0v) is 14.9. The molecule has 0 fully saturated rings. The molecule has 4 nitrogen and oxygen atoms in total. The van der Waals surface area contributed by atoms with E-state index in [-0.39, 0.29) is 17.3 Å². The Hall–Kier alpha value is -2.48. The zero-order chi connectivity index (χ0) is 20.2. The van der Waals surface area contributed by atoms with Crippen LogP contribution in [0.15, 0.2) is 30.3 Å². The maximum Gasteiger partial charge on any atom is 0.398 e. The van der Waals surface area contributed by atoms with E-state index in [1.165, 1.54) is 37.3 Å². The van der Waals surface area contributed by atoms with E-state index in [1.807, 2.05) is 6.92 Å². The van der Waals surface area contributed by atoms with Crippen LogP contribution in [0.2, 0.25) is 0 Å². The van der Waals surface area contributed by atoms with E-state index < -0.39 is 24.5 Å². The van der Waals surface area contributed by atoms with Crippen molar-refractivity contribution in [2.45, 2.75) is 31.9 Å². The van der Waals surface area contributed by atoms with Gasteiger partial charge in [0.15, 0.2) is 0 Å². The number of benzene rings is 1. The Balaban J connectivity index is 0.000000817. The number of ether oxygens (including phenoxy) is 1. The lowest BCUT2D eigenvalue weighted by Crippen LogP contribution is -2.29. The van der Waals surface area contributed by atoms with Gasteiger partial charge in [0, 0.05) is 23.6 Å². The lowest BCUT2D eigenvalue weighted by atomic mass is 9.95. The van der Waals surface area contributed by atoms with E-state index in [0.29, 0.717) is 23.5 Å². The number of carbonyl (C=O) groups excluding carboxylic acids is 1. The van der Waals surface area contributed by atoms with Crippen molar-refractivity contribution in [2.24, 2.45) is 5.73 Å². The number of nitrogens with two attached hydrogens (primary N) is 1. The highest BCUT2D eigenvalue weighted by molar-refractivity contribution is 5.70. The van der Waals surface area contributed by atoms with Crippen molar-refractivity contribution in [1.82, 2.24) is 4.98 Å². The Labute approximate surface area is 154 Å². The van der Waals surface area contributed by atoms with Gasteiger partial charge in [0.05, 0.1) is 12.3 Å². The Morgan fingerprint density at radius 1 is 1.33 bits per heavy atom. The Bertz CT molecular complexity index is 792. The molecule has 8 heteroatoms. The molecule has 0 spiro atoms. The minimum absolute atomic E-state index is 0.0485. The highest BCUT2D eigenvalue weighted by Gasteiger charge is 2.42. The summed E-state index contributed by atoms with van der Waals surface area (Å²) in [4.78, 5) is 13.0. The second-order valence-electron chi connectivity index (χ2n) is 6.10. The van der Waals surface area contributed by atoms with Crippen molar-refractivity contribution >= 4 is 6.29 Å². The summed E-state index contributed by atoms with van der Waals surface area (Å²) >= 11 is 0. The summed E-state index contributed by atoms with van der Waals surface area (Å²) in [6.45, 7) is 3.09. The summed E-state index contributed by atoms with van der Waals surface area (Å²) in [7, 11) is 0. The quantitative estimate of drug-likeness (QED) is 0.637. The molecule has 0 radical (unpaired) electrons. The highest BCUT2D eigenvalue weighted by Crippen LogP contribution is 2.43. The average Bonchev–Trinajstić information content (AvgIpc) is 2.96. The van der Waals surface area contributed by atoms with Crippen molar-refractivity contribution in [3.63, 3.8) is 0 Å². The van der Waals surface area contributed by atoms with E-state index in [4.69, 9.17) is 15.3 Å². The van der Waals surface area contributed by atoms with Crippen LogP contribution in [0.4, 0.5) is 17.6 Å². The first-order valence-corrected chi connectivity index (χ1v) is 8.33. The van der Waals surface area contributed by atoms with Gasteiger partial charge in [-0.25, -0.2) is 9.37 Å². The SMILES string of the molecule is CC1COc2c1cc(C(CN)C(F)(F)F)nc2-c1ccc(F)cc1.CC=O. The molecular weight excluding hydrogens is 364 g/mol. The summed E-state index contributed by atoms with van der Waals surface area (Å²) < 4.78 is 58.5. The lowest BCUT2D eigenvalue weighted by molar-refractivity contribution is -0.148. The van der Waals surface area contributed by atoms with Gasteiger partial charge in [-0.1, -0.05) is 6.92 Å². The molecule has 27 heavy (non-hydrogen) atoms. The van der Waals surface area contributed by atoms with Gasteiger partial charge in [-0.2, -0.15) is 13.2 Å². The van der Waals surface area contributed by atoms with Crippen molar-refractivity contribution in [3.8, 4) is 17.0 Å². The number of fused-ring (bicyclic) bond motifs is 1. The largest absolute Gasteiger partial charge is 0.490 e. The predicted octanol–water partition coefficient (Wildman–Crippen LogP) is 4.19. The minimum Gasteiger partial charge on any atom is -0.490 e. The van der Waals surface area contributed by atoms with E-state index >= 15 is 0 Å². The summed E-state index contributed by atoms with van der Waals surface area (Å²) in [6.07, 6.45) is -3.74. The van der Waals surface area contributed by atoms with E-state index in [1.54, 1.807) is 0 Å². The van der Waals surface area contributed by atoms with Crippen LogP contribution < -0.4 is 10.5 Å². The molecule has 2 aromatic rings. The first-order chi connectivity index (χ1) is 12.7. The first-order valence-electron chi connectivity index (χ1n) is 8.33. The topological polar surface area (TPSA) is 65.2 Å². The zero-order valence-electron chi connectivity index (χ0n) is 14.9. The number of alkyl halides is 3. The second-order valence-corrected chi connectivity index (χ2v) is 6.10. The predicted molar refractivity (Wildman–Crippen MR) is 93.1 cm³/mol. The molecular formula is C19H20F4N2O2. The van der Waals surface area contributed by atoms with Crippen molar-refractivity contribution < 1.29 is 27.1 Å². The molecule has 2 N–H and O–H groups in total. The van der Waals surface area contributed by atoms with Crippen LogP contribution in [0.5, 0.6) is 5.75 Å². The van der Waals surface area contributed by atoms with Crippen molar-refractivity contribution in [1.29, 1.82) is 0 Å². The third kappa shape index (κ3) is 4.63. The molecule has 2 atom stereocenters. The number of aromatic nitrogens is 1. The molecule has 0 saturated carbocycles. The number of carbonyl (C=O) groups is 1. The molecule has 0 bridgehead atoms. The smallest absolute Gasteiger partial charge is 0.398 e. The minimum atomic E-state index is -4.49. The van der Waals surface area contributed by atoms with Crippen LogP contribution >= 0.6 is 0 Å². The van der Waals surface area contributed by atoms with Gasteiger partial charge < -0.3 is 15.3 Å². The fraction of sp³-hybridized carbons (Fsp3) is 0.368. The number of hydrogen-bond donors (Lipinski definition) is 1. The number of pyridine rings is 1. The van der Waals surface area contributed by atoms with Crippen molar-refractivity contribution in [2.75, 3.05) is 13.2 Å². The highest BCUT2D eigenvalue weighted by atomic mass is 19.4. The Kier molecular flexibility index (Phi) is 6.54. The van der Waals surface area contributed by atoms with Gasteiger partial charge >= 0.3 is 6.18 Å². The van der Waals surface area contributed by atoms with Gasteiger partial charge in [-0.15, -0.1) is 0 Å². The molecule has 0 aliphatic carbocycles. The maximum atomic E-state index is 13.2. The van der Waals surface area contributed by atoms with Crippen LogP contribution in [0.3, 0.4) is 0 Å². The molecule has 2 heterocycles. The Morgan fingerprint density at radius 3 is 2.44 bits per heavy atom. The van der Waals surface area contributed by atoms with Crippen LogP contribution in [0.25, 0.3) is 11.3 Å². The molecule has 1 aliphatic rings. The van der Waals surface area contributed by atoms with E-state index in [0.717, 1.165) is 6.29 Å². The molecule has 2 unspecified atom stereocenters. The van der Waals surface area contributed by atoms with Crippen LogP contribution in [-0.2, 0) is 4.79 Å². The first kappa shape index (κ1) is 20.8. The summed E-state index contributed by atoms with van der Waals surface area (Å²) in [6, 6.07) is 6.83. The average molecular weight is 384 g/mol. The molecule has 0 saturated heterocycles. The number of rotatable bonds is 3. The van der Waals surface area contributed by atoms with Crippen LogP contribution in [0.1, 0.15) is 36.9 Å². The molecule has 0 amide bonds. The molecule has 146 valence electrons. The normalized spacial score (nSPS) is 16.6. The third-order valence-corrected chi connectivity index (χ3v) is 4.14. The summed E-state index contributed by atoms with van der Waals surface area (Å²) in [5.74, 6) is -1.88.